The summed E-state index contributed by atoms with van der Waals surface area (Å²) < 4.78 is 16.4. The molecule has 2 N–H and O–H groups in total. The van der Waals surface area contributed by atoms with Gasteiger partial charge in [-0.15, -0.1) is 0 Å². The number of rotatable bonds is 10. The Kier molecular flexibility index (Phi) is 8.00. The Morgan fingerprint density at radius 3 is 2.58 bits per heavy atom. The van der Waals surface area contributed by atoms with E-state index in [-0.39, 0.29) is 24.8 Å². The van der Waals surface area contributed by atoms with Gasteiger partial charge in [0.25, 0.3) is 5.91 Å². The van der Waals surface area contributed by atoms with Gasteiger partial charge < -0.3 is 24.2 Å². The van der Waals surface area contributed by atoms with Gasteiger partial charge in [-0.25, -0.2) is 4.79 Å². The molecule has 36 heavy (non-hydrogen) atoms. The fourth-order valence-electron chi connectivity index (χ4n) is 4.12. The summed E-state index contributed by atoms with van der Waals surface area (Å²) in [4.78, 5) is 28.1. The average molecular weight is 509 g/mol. The largest absolute Gasteiger partial charge is 0.494 e. The second-order valence-electron chi connectivity index (χ2n) is 8.52. The average Bonchev–Trinajstić information content (AvgIpc) is 3.49. The third kappa shape index (κ3) is 5.74. The Hall–Kier alpha value is -3.71. The summed E-state index contributed by atoms with van der Waals surface area (Å²) in [5.41, 5.74) is 4.29. The van der Waals surface area contributed by atoms with Crippen molar-refractivity contribution >= 4 is 34.4 Å². The number of carbonyl (C=O) groups excluding carboxylic acids is 2. The minimum Gasteiger partial charge on any atom is -0.494 e. The van der Waals surface area contributed by atoms with Gasteiger partial charge in [0.2, 0.25) is 5.76 Å². The fraction of sp³-hybridized carbons (Fsp3) is 0.286. The summed E-state index contributed by atoms with van der Waals surface area (Å²) in [6, 6.07) is 14.9. The molecule has 0 radical (unpaired) electrons. The maximum Gasteiger partial charge on any atom is 0.374 e. The summed E-state index contributed by atoms with van der Waals surface area (Å²) >= 11 is 6.25. The molecular formula is C28H29ClN2O5. The number of aromatic amines is 1. The van der Waals surface area contributed by atoms with E-state index in [1.165, 1.54) is 6.07 Å². The highest BCUT2D eigenvalue weighted by atomic mass is 35.5. The van der Waals surface area contributed by atoms with Crippen LogP contribution in [0.25, 0.3) is 10.9 Å². The van der Waals surface area contributed by atoms with Gasteiger partial charge in [0.1, 0.15) is 17.2 Å². The van der Waals surface area contributed by atoms with Crippen molar-refractivity contribution < 1.29 is 23.5 Å². The molecular weight excluding hydrogens is 480 g/mol. The lowest BCUT2D eigenvalue weighted by Gasteiger charge is -2.10. The normalized spacial score (nSPS) is 11.0. The zero-order valence-corrected chi connectivity index (χ0v) is 21.3. The molecule has 0 bridgehead atoms. The van der Waals surface area contributed by atoms with Crippen molar-refractivity contribution in [3.05, 3.63) is 87.5 Å². The van der Waals surface area contributed by atoms with E-state index in [4.69, 9.17) is 25.5 Å². The molecule has 0 saturated carbocycles. The van der Waals surface area contributed by atoms with E-state index in [0.29, 0.717) is 24.5 Å². The Balaban J connectivity index is 1.42. The highest BCUT2D eigenvalue weighted by Gasteiger charge is 2.18. The van der Waals surface area contributed by atoms with Crippen molar-refractivity contribution in [1.29, 1.82) is 0 Å². The van der Waals surface area contributed by atoms with Crippen LogP contribution in [0.2, 0.25) is 5.02 Å². The number of hydrogen-bond donors (Lipinski definition) is 2. The predicted octanol–water partition coefficient (Wildman–Crippen LogP) is 6.15. The molecule has 2 heterocycles. The summed E-state index contributed by atoms with van der Waals surface area (Å²) in [6.07, 6.45) is 1.38. The van der Waals surface area contributed by atoms with E-state index in [2.05, 4.69) is 10.3 Å². The van der Waals surface area contributed by atoms with Gasteiger partial charge in [-0.3, -0.25) is 4.79 Å². The number of aryl methyl sites for hydroxylation is 3. The smallest absolute Gasteiger partial charge is 0.374 e. The summed E-state index contributed by atoms with van der Waals surface area (Å²) in [7, 11) is 0. The second kappa shape index (κ2) is 11.4. The maximum atomic E-state index is 13.1. The van der Waals surface area contributed by atoms with Crippen LogP contribution in [-0.2, 0) is 17.7 Å². The van der Waals surface area contributed by atoms with Crippen molar-refractivity contribution in [2.45, 2.75) is 40.2 Å². The zero-order valence-electron chi connectivity index (χ0n) is 20.6. The van der Waals surface area contributed by atoms with E-state index in [1.54, 1.807) is 13.0 Å². The molecule has 1 amide bonds. The molecule has 4 rings (SSSR count). The highest BCUT2D eigenvalue weighted by Crippen LogP contribution is 2.27. The molecule has 2 aromatic heterocycles. The Labute approximate surface area is 214 Å². The number of esters is 1. The third-order valence-electron chi connectivity index (χ3n) is 5.85. The van der Waals surface area contributed by atoms with Crippen molar-refractivity contribution in [3.63, 3.8) is 0 Å². The number of ether oxygens (including phenoxy) is 2. The van der Waals surface area contributed by atoms with Gasteiger partial charge in [0.15, 0.2) is 0 Å². The van der Waals surface area contributed by atoms with Crippen molar-refractivity contribution in [3.8, 4) is 5.75 Å². The highest BCUT2D eigenvalue weighted by molar-refractivity contribution is 6.32. The van der Waals surface area contributed by atoms with Gasteiger partial charge in [-0.05, 0) is 80.6 Å². The van der Waals surface area contributed by atoms with Crippen LogP contribution in [0.1, 0.15) is 56.8 Å². The monoisotopic (exact) mass is 508 g/mol. The van der Waals surface area contributed by atoms with E-state index < -0.39 is 5.97 Å². The van der Waals surface area contributed by atoms with Crippen LogP contribution in [-0.4, -0.2) is 30.1 Å². The fourth-order valence-corrected chi connectivity index (χ4v) is 4.23. The van der Waals surface area contributed by atoms with Crippen LogP contribution in [0.4, 0.5) is 0 Å². The predicted molar refractivity (Wildman–Crippen MR) is 139 cm³/mol. The van der Waals surface area contributed by atoms with Gasteiger partial charge in [0, 0.05) is 15.9 Å². The van der Waals surface area contributed by atoms with Crippen LogP contribution in [0, 0.1) is 13.8 Å². The number of carbonyl (C=O) groups is 2. The van der Waals surface area contributed by atoms with Crippen LogP contribution >= 0.6 is 11.6 Å². The maximum absolute atomic E-state index is 13.1. The number of benzene rings is 2. The SMILES string of the molecule is CCOC(=O)c1ccc(CNC(=O)c2[nH]c3ccccc3c2CCCOc2cc(C)c(Cl)c(C)c2)o1. The number of aromatic nitrogens is 1. The lowest BCUT2D eigenvalue weighted by molar-refractivity contribution is 0.0488. The van der Waals surface area contributed by atoms with Crippen LogP contribution < -0.4 is 10.1 Å². The topological polar surface area (TPSA) is 93.6 Å². The number of hydrogen-bond acceptors (Lipinski definition) is 5. The van der Waals surface area contributed by atoms with Crippen LogP contribution in [0.15, 0.2) is 52.9 Å². The standard InChI is InChI=1S/C28H29ClN2O5/c1-4-34-28(33)24-12-11-19(36-24)16-30-27(32)26-22(21-8-5-6-10-23(21)31-26)9-7-13-35-20-14-17(2)25(29)18(3)15-20/h5-6,8,10-12,14-15,31H,4,7,9,13,16H2,1-3H3,(H,30,32). The van der Waals surface area contributed by atoms with Gasteiger partial charge >= 0.3 is 5.97 Å². The third-order valence-corrected chi connectivity index (χ3v) is 6.45. The van der Waals surface area contributed by atoms with Crippen LogP contribution in [0.3, 0.4) is 0 Å². The number of amides is 1. The number of fused-ring (bicyclic) bond motifs is 1. The summed E-state index contributed by atoms with van der Waals surface area (Å²) in [6.45, 7) is 6.55. The molecule has 8 heteroatoms. The van der Waals surface area contributed by atoms with E-state index in [1.807, 2.05) is 50.2 Å². The van der Waals surface area contributed by atoms with Crippen molar-refractivity contribution in [2.75, 3.05) is 13.2 Å². The molecule has 0 fully saturated rings. The molecule has 188 valence electrons. The number of H-pyrrole nitrogens is 1. The van der Waals surface area contributed by atoms with E-state index in [9.17, 15) is 9.59 Å². The van der Waals surface area contributed by atoms with E-state index >= 15 is 0 Å². The second-order valence-corrected chi connectivity index (χ2v) is 8.89. The molecule has 0 aliphatic carbocycles. The summed E-state index contributed by atoms with van der Waals surface area (Å²) in [5, 5.41) is 4.63. The van der Waals surface area contributed by atoms with Gasteiger partial charge in [0.05, 0.1) is 19.8 Å². The molecule has 0 aliphatic rings. The molecule has 7 nitrogen and oxygen atoms in total. The first-order valence-electron chi connectivity index (χ1n) is 11.9. The lowest BCUT2D eigenvalue weighted by Crippen LogP contribution is -2.24. The Morgan fingerprint density at radius 2 is 1.83 bits per heavy atom. The molecule has 2 aromatic carbocycles. The molecule has 0 saturated heterocycles. The quantitative estimate of drug-likeness (QED) is 0.198. The first-order chi connectivity index (χ1) is 17.4. The van der Waals surface area contributed by atoms with Crippen LogP contribution in [0.5, 0.6) is 5.75 Å². The molecule has 0 unspecified atom stereocenters. The molecule has 0 spiro atoms. The minimum absolute atomic E-state index is 0.110. The first-order valence-corrected chi connectivity index (χ1v) is 12.3. The van der Waals surface area contributed by atoms with Crippen molar-refractivity contribution in [2.24, 2.45) is 0 Å². The summed E-state index contributed by atoms with van der Waals surface area (Å²) in [5.74, 6) is 0.579. The van der Waals surface area contributed by atoms with Gasteiger partial charge in [-0.2, -0.15) is 0 Å². The molecule has 0 atom stereocenters. The number of halogens is 1. The number of nitrogens with one attached hydrogen (secondary N) is 2. The van der Waals surface area contributed by atoms with Crippen molar-refractivity contribution in [1.82, 2.24) is 10.3 Å². The lowest BCUT2D eigenvalue weighted by atomic mass is 10.1. The first kappa shape index (κ1) is 25.4. The Morgan fingerprint density at radius 1 is 1.08 bits per heavy atom. The zero-order chi connectivity index (χ0) is 25.7. The molecule has 4 aromatic rings. The van der Waals surface area contributed by atoms with E-state index in [0.717, 1.165) is 44.8 Å². The van der Waals surface area contributed by atoms with Gasteiger partial charge in [-0.1, -0.05) is 29.8 Å². The number of furan rings is 1. The Bertz CT molecular complexity index is 1360. The molecule has 0 aliphatic heterocycles. The minimum atomic E-state index is -0.529. The number of para-hydroxylation sites is 1.